The van der Waals surface area contributed by atoms with E-state index < -0.39 is 18.4 Å². The second kappa shape index (κ2) is 8.03. The second-order valence-corrected chi connectivity index (χ2v) is 6.80. The number of hydrogen-bond acceptors (Lipinski definition) is 5. The van der Waals surface area contributed by atoms with Crippen LogP contribution < -0.4 is 0 Å². The summed E-state index contributed by atoms with van der Waals surface area (Å²) >= 11 is 12.0. The number of amides is 2. The van der Waals surface area contributed by atoms with Crippen molar-refractivity contribution in [2.24, 2.45) is 0 Å². The monoisotopic (exact) mass is 416 g/mol. The SMILES string of the molecule is CC1=C(C#N)C(=O)N(CCO)C(=O)/C1=C/c1ccc(-c2ccc(Cl)c(Cl)c2)o1. The minimum absolute atomic E-state index is 0.143. The molecule has 1 aromatic heterocycles. The van der Waals surface area contributed by atoms with Crippen molar-refractivity contribution in [1.82, 2.24) is 4.90 Å². The molecule has 0 saturated carbocycles. The second-order valence-electron chi connectivity index (χ2n) is 5.99. The average molecular weight is 417 g/mol. The van der Waals surface area contributed by atoms with E-state index in [4.69, 9.17) is 32.7 Å². The van der Waals surface area contributed by atoms with Crippen molar-refractivity contribution in [3.8, 4) is 17.4 Å². The summed E-state index contributed by atoms with van der Waals surface area (Å²) in [5, 5.41) is 19.2. The van der Waals surface area contributed by atoms with E-state index >= 15 is 0 Å². The number of hydrogen-bond donors (Lipinski definition) is 1. The molecule has 0 unspecified atom stereocenters. The Kier molecular flexibility index (Phi) is 5.71. The van der Waals surface area contributed by atoms with Gasteiger partial charge in [-0.3, -0.25) is 14.5 Å². The van der Waals surface area contributed by atoms with Gasteiger partial charge in [0, 0.05) is 11.1 Å². The maximum atomic E-state index is 12.7. The Labute approximate surface area is 170 Å². The molecule has 8 heteroatoms. The lowest BCUT2D eigenvalue weighted by Crippen LogP contribution is -2.44. The van der Waals surface area contributed by atoms with E-state index in [1.165, 1.54) is 13.0 Å². The number of rotatable bonds is 4. The molecule has 6 nitrogen and oxygen atoms in total. The molecule has 0 saturated heterocycles. The number of aliphatic hydroxyl groups excluding tert-OH is 1. The fraction of sp³-hybridized carbons (Fsp3) is 0.150. The molecule has 1 aromatic carbocycles. The third kappa shape index (κ3) is 3.60. The van der Waals surface area contributed by atoms with E-state index in [1.54, 1.807) is 30.3 Å². The summed E-state index contributed by atoms with van der Waals surface area (Å²) in [4.78, 5) is 25.8. The van der Waals surface area contributed by atoms with E-state index in [0.717, 1.165) is 4.90 Å². The third-order valence-corrected chi connectivity index (χ3v) is 5.01. The van der Waals surface area contributed by atoms with Crippen molar-refractivity contribution in [3.63, 3.8) is 0 Å². The van der Waals surface area contributed by atoms with E-state index in [9.17, 15) is 14.9 Å². The molecule has 28 heavy (non-hydrogen) atoms. The van der Waals surface area contributed by atoms with Crippen molar-refractivity contribution in [2.45, 2.75) is 6.92 Å². The van der Waals surface area contributed by atoms with Crippen LogP contribution in [0.3, 0.4) is 0 Å². The summed E-state index contributed by atoms with van der Waals surface area (Å²) in [6.45, 7) is 0.935. The molecule has 2 aromatic rings. The molecule has 0 spiro atoms. The van der Waals surface area contributed by atoms with Crippen LogP contribution in [0, 0.1) is 11.3 Å². The predicted molar refractivity (Wildman–Crippen MR) is 104 cm³/mol. The Balaban J connectivity index is 2.02. The van der Waals surface area contributed by atoms with Gasteiger partial charge in [-0.05, 0) is 48.9 Å². The van der Waals surface area contributed by atoms with Crippen LogP contribution in [0.2, 0.25) is 10.0 Å². The van der Waals surface area contributed by atoms with Crippen molar-refractivity contribution < 1.29 is 19.1 Å². The largest absolute Gasteiger partial charge is 0.457 e. The number of carbonyl (C=O) groups excluding carboxylic acids is 2. The lowest BCUT2D eigenvalue weighted by molar-refractivity contribution is -0.140. The highest BCUT2D eigenvalue weighted by Gasteiger charge is 2.35. The molecule has 142 valence electrons. The van der Waals surface area contributed by atoms with Gasteiger partial charge in [-0.2, -0.15) is 5.26 Å². The number of nitriles is 1. The highest BCUT2D eigenvalue weighted by atomic mass is 35.5. The van der Waals surface area contributed by atoms with Crippen LogP contribution in [0.1, 0.15) is 12.7 Å². The number of carbonyl (C=O) groups is 2. The number of halogens is 2. The first-order valence-corrected chi connectivity index (χ1v) is 8.98. The molecular formula is C20H14Cl2N2O4. The Bertz CT molecular complexity index is 1080. The Morgan fingerprint density at radius 3 is 2.57 bits per heavy atom. The molecular weight excluding hydrogens is 403 g/mol. The molecule has 1 aliphatic heterocycles. The van der Waals surface area contributed by atoms with Gasteiger partial charge < -0.3 is 9.52 Å². The van der Waals surface area contributed by atoms with Gasteiger partial charge in [0.1, 0.15) is 23.2 Å². The van der Waals surface area contributed by atoms with E-state index in [-0.39, 0.29) is 23.3 Å². The van der Waals surface area contributed by atoms with Crippen LogP contribution in [0.4, 0.5) is 0 Å². The molecule has 2 amide bonds. The average Bonchev–Trinajstić information content (AvgIpc) is 3.14. The molecule has 0 bridgehead atoms. The zero-order valence-corrected chi connectivity index (χ0v) is 16.2. The zero-order chi connectivity index (χ0) is 20.4. The predicted octanol–water partition coefficient (Wildman–Crippen LogP) is 3.84. The van der Waals surface area contributed by atoms with E-state index in [2.05, 4.69) is 0 Å². The van der Waals surface area contributed by atoms with Crippen molar-refractivity contribution in [3.05, 3.63) is 62.9 Å². The summed E-state index contributed by atoms with van der Waals surface area (Å²) in [7, 11) is 0. The minimum atomic E-state index is -0.716. The molecule has 0 aliphatic carbocycles. The highest BCUT2D eigenvalue weighted by molar-refractivity contribution is 6.42. The van der Waals surface area contributed by atoms with E-state index in [1.807, 2.05) is 6.07 Å². The lowest BCUT2D eigenvalue weighted by Gasteiger charge is -2.26. The van der Waals surface area contributed by atoms with Gasteiger partial charge >= 0.3 is 0 Å². The van der Waals surface area contributed by atoms with Crippen LogP contribution in [-0.4, -0.2) is 35.0 Å². The first-order chi connectivity index (χ1) is 13.4. The molecule has 0 atom stereocenters. The molecule has 3 rings (SSSR count). The Hall–Kier alpha value is -2.85. The van der Waals surface area contributed by atoms with Gasteiger partial charge in [-0.15, -0.1) is 0 Å². The molecule has 1 aliphatic rings. The van der Waals surface area contributed by atoms with Gasteiger partial charge in [0.05, 0.1) is 23.2 Å². The smallest absolute Gasteiger partial charge is 0.271 e. The summed E-state index contributed by atoms with van der Waals surface area (Å²) in [6, 6.07) is 10.2. The number of furan rings is 1. The minimum Gasteiger partial charge on any atom is -0.457 e. The third-order valence-electron chi connectivity index (χ3n) is 4.27. The number of β-amino-alcohol motifs (C(OH)–C–C–N with tert-alkyl or cyclic N) is 1. The molecule has 0 radical (unpaired) electrons. The van der Waals surface area contributed by atoms with Crippen LogP contribution in [0.15, 0.2) is 51.5 Å². The fourth-order valence-corrected chi connectivity index (χ4v) is 3.11. The first kappa shape index (κ1) is 19.9. The normalized spacial score (nSPS) is 16.1. The summed E-state index contributed by atoms with van der Waals surface area (Å²) in [6.07, 6.45) is 1.47. The molecule has 1 N–H and O–H groups in total. The number of aliphatic hydroxyl groups is 1. The first-order valence-electron chi connectivity index (χ1n) is 8.22. The summed E-state index contributed by atoms with van der Waals surface area (Å²) in [5.41, 5.74) is 0.977. The fourth-order valence-electron chi connectivity index (χ4n) is 2.81. The van der Waals surface area contributed by atoms with Gasteiger partial charge in [-0.1, -0.05) is 23.2 Å². The van der Waals surface area contributed by atoms with E-state index in [0.29, 0.717) is 27.1 Å². The van der Waals surface area contributed by atoms with Crippen LogP contribution >= 0.6 is 23.2 Å². The molecule has 2 heterocycles. The van der Waals surface area contributed by atoms with Crippen LogP contribution in [0.25, 0.3) is 17.4 Å². The van der Waals surface area contributed by atoms with Crippen LogP contribution in [0.5, 0.6) is 0 Å². The van der Waals surface area contributed by atoms with Gasteiger partial charge in [0.25, 0.3) is 11.8 Å². The number of imide groups is 1. The van der Waals surface area contributed by atoms with Crippen molar-refractivity contribution in [1.29, 1.82) is 5.26 Å². The Morgan fingerprint density at radius 2 is 1.93 bits per heavy atom. The number of nitrogens with zero attached hydrogens (tertiary/aromatic N) is 2. The zero-order valence-electron chi connectivity index (χ0n) is 14.7. The molecule has 0 fully saturated rings. The maximum Gasteiger partial charge on any atom is 0.271 e. The van der Waals surface area contributed by atoms with Crippen LogP contribution in [-0.2, 0) is 9.59 Å². The quantitative estimate of drug-likeness (QED) is 0.603. The summed E-state index contributed by atoms with van der Waals surface area (Å²) in [5.74, 6) is -0.436. The Morgan fingerprint density at radius 1 is 1.18 bits per heavy atom. The van der Waals surface area contributed by atoms with Gasteiger partial charge in [0.15, 0.2) is 0 Å². The highest BCUT2D eigenvalue weighted by Crippen LogP contribution is 2.31. The summed E-state index contributed by atoms with van der Waals surface area (Å²) < 4.78 is 5.77. The van der Waals surface area contributed by atoms with Gasteiger partial charge in [-0.25, -0.2) is 0 Å². The topological polar surface area (TPSA) is 94.5 Å². The van der Waals surface area contributed by atoms with Gasteiger partial charge in [0.2, 0.25) is 0 Å². The van der Waals surface area contributed by atoms with Crippen molar-refractivity contribution in [2.75, 3.05) is 13.2 Å². The van der Waals surface area contributed by atoms with Crippen molar-refractivity contribution >= 4 is 41.1 Å². The lowest BCUT2D eigenvalue weighted by atomic mass is 9.95. The standard InChI is InChI=1S/C20H14Cl2N2O4/c1-11-14(19(26)24(6-7-25)20(27)15(11)10-23)9-13-3-5-18(28-13)12-2-4-16(21)17(22)8-12/h2-5,8-9,25H,6-7H2,1H3/b14-9+. The maximum absolute atomic E-state index is 12.7. The number of benzene rings is 1.